The fraction of sp³-hybridized carbons (Fsp3) is 0.469. The van der Waals surface area contributed by atoms with Crippen LogP contribution in [-0.2, 0) is 24.1 Å². The third-order valence-corrected chi connectivity index (χ3v) is 7.51. The Kier molecular flexibility index (Phi) is 12.2. The van der Waals surface area contributed by atoms with E-state index in [-0.39, 0.29) is 35.8 Å². The molecule has 12 heteroatoms. The van der Waals surface area contributed by atoms with Gasteiger partial charge in [0.15, 0.2) is 0 Å². The van der Waals surface area contributed by atoms with Crippen LogP contribution in [0, 0.1) is 5.92 Å². The maximum atomic E-state index is 13.0. The molecule has 2 aromatic carbocycles. The van der Waals surface area contributed by atoms with E-state index in [1.807, 2.05) is 48.9 Å². The monoisotopic (exact) mass is 636 g/mol. The number of nitrogens with one attached hydrogen (secondary N) is 2. The van der Waals surface area contributed by atoms with Crippen LogP contribution in [0.2, 0.25) is 5.02 Å². The molecule has 0 aliphatic rings. The summed E-state index contributed by atoms with van der Waals surface area (Å²) in [4.78, 5) is 29.8. The Bertz CT molecular complexity index is 1410. The molecule has 0 aliphatic carbocycles. The summed E-state index contributed by atoms with van der Waals surface area (Å²) in [6, 6.07) is 11.2. The van der Waals surface area contributed by atoms with E-state index in [2.05, 4.69) is 10.6 Å². The van der Waals surface area contributed by atoms with E-state index in [1.165, 1.54) is 18.2 Å². The molecule has 8 nitrogen and oxygen atoms in total. The number of amides is 2. The van der Waals surface area contributed by atoms with Crippen molar-refractivity contribution in [3.63, 3.8) is 0 Å². The largest absolute Gasteiger partial charge is 0.447 e. The molecule has 0 radical (unpaired) electrons. The highest BCUT2D eigenvalue weighted by Gasteiger charge is 2.36. The Morgan fingerprint density at radius 3 is 2.30 bits per heavy atom. The smallest absolute Gasteiger partial charge is 0.407 e. The lowest BCUT2D eigenvalue weighted by molar-refractivity contribution is -0.169. The van der Waals surface area contributed by atoms with Crippen LogP contribution in [0.3, 0.4) is 0 Å². The van der Waals surface area contributed by atoms with Crippen LogP contribution in [-0.4, -0.2) is 51.6 Å². The lowest BCUT2D eigenvalue weighted by atomic mass is 9.98. The van der Waals surface area contributed by atoms with Gasteiger partial charge in [0.1, 0.15) is 5.82 Å². The molecule has 1 heterocycles. The highest BCUT2D eigenvalue weighted by atomic mass is 35.5. The lowest BCUT2D eigenvalue weighted by Crippen LogP contribution is -2.37. The Labute approximate surface area is 261 Å². The van der Waals surface area contributed by atoms with Crippen LogP contribution in [0.15, 0.2) is 48.7 Å². The number of aryl methyl sites for hydroxylation is 1. The number of carbonyl (C=O) groups is 2. The highest BCUT2D eigenvalue weighted by molar-refractivity contribution is 6.31. The van der Waals surface area contributed by atoms with Crippen molar-refractivity contribution in [1.29, 1.82) is 0 Å². The molecule has 44 heavy (non-hydrogen) atoms. The van der Waals surface area contributed by atoms with Crippen LogP contribution in [0.5, 0.6) is 0 Å². The normalized spacial score (nSPS) is 13.8. The maximum Gasteiger partial charge on any atom is 0.407 e. The van der Waals surface area contributed by atoms with E-state index in [4.69, 9.17) is 21.3 Å². The Hall–Kier alpha value is -3.57. The maximum absolute atomic E-state index is 13.0. The first-order valence-corrected chi connectivity index (χ1v) is 15.0. The fourth-order valence-electron chi connectivity index (χ4n) is 4.70. The standard InChI is InChI=1S/C32H40ClF3N4O4/c1-6-40-18-28(39-29(40)21(5)37-31(43)44-19(2)3)23-9-7-22(8-10-23)16-26(13-14-41)38-30(42)25-12-11-24(27(33)17-25)15-20(4)32(34,35)36/h7-12,17-21,26,41H,6,13-16H2,1-5H3,(H,37,43)(H,38,42)/t20-,21+,26+/m0/s1. The van der Waals surface area contributed by atoms with E-state index in [0.717, 1.165) is 23.7 Å². The molecule has 0 spiro atoms. The van der Waals surface area contributed by atoms with Crippen molar-refractivity contribution in [2.24, 2.45) is 5.92 Å². The van der Waals surface area contributed by atoms with Crippen molar-refractivity contribution < 1.29 is 32.6 Å². The molecule has 0 fully saturated rings. The molecule has 3 atom stereocenters. The number of aliphatic hydroxyl groups excluding tert-OH is 1. The van der Waals surface area contributed by atoms with Gasteiger partial charge < -0.3 is 25.0 Å². The Balaban J connectivity index is 1.68. The summed E-state index contributed by atoms with van der Waals surface area (Å²) in [5.41, 5.74) is 3.07. The van der Waals surface area contributed by atoms with E-state index in [0.29, 0.717) is 30.8 Å². The van der Waals surface area contributed by atoms with E-state index in [1.54, 1.807) is 13.8 Å². The molecule has 0 aliphatic heterocycles. The molecule has 0 saturated carbocycles. The van der Waals surface area contributed by atoms with Gasteiger partial charge in [-0.25, -0.2) is 9.78 Å². The minimum atomic E-state index is -4.34. The van der Waals surface area contributed by atoms with Crippen molar-refractivity contribution in [2.45, 2.75) is 84.8 Å². The van der Waals surface area contributed by atoms with Crippen LogP contribution >= 0.6 is 11.6 Å². The fourth-order valence-corrected chi connectivity index (χ4v) is 4.96. The first-order valence-electron chi connectivity index (χ1n) is 14.6. The zero-order valence-corrected chi connectivity index (χ0v) is 26.3. The molecular formula is C32H40ClF3N4O4. The summed E-state index contributed by atoms with van der Waals surface area (Å²) >= 11 is 6.22. The predicted octanol–water partition coefficient (Wildman–Crippen LogP) is 6.88. The predicted molar refractivity (Wildman–Crippen MR) is 164 cm³/mol. The molecule has 240 valence electrons. The van der Waals surface area contributed by atoms with Crippen LogP contribution in [0.25, 0.3) is 11.3 Å². The van der Waals surface area contributed by atoms with Crippen LogP contribution in [0.4, 0.5) is 18.0 Å². The van der Waals surface area contributed by atoms with Crippen LogP contribution in [0.1, 0.15) is 74.4 Å². The van der Waals surface area contributed by atoms with Gasteiger partial charge in [-0.3, -0.25) is 4.79 Å². The Morgan fingerprint density at radius 1 is 1.05 bits per heavy atom. The number of carbonyl (C=O) groups excluding carboxylic acids is 2. The number of ether oxygens (including phenoxy) is 1. The molecule has 1 aromatic heterocycles. The first kappa shape index (κ1) is 34.9. The summed E-state index contributed by atoms with van der Waals surface area (Å²) in [5, 5.41) is 15.4. The van der Waals surface area contributed by atoms with Crippen molar-refractivity contribution in [1.82, 2.24) is 20.2 Å². The second-order valence-electron chi connectivity index (χ2n) is 11.1. The number of alkyl carbamates (subject to hydrolysis) is 1. The minimum absolute atomic E-state index is 0.0948. The number of hydrogen-bond donors (Lipinski definition) is 3. The van der Waals surface area contributed by atoms with Gasteiger partial charge in [-0.1, -0.05) is 48.9 Å². The second kappa shape index (κ2) is 15.4. The summed E-state index contributed by atoms with van der Waals surface area (Å²) in [6.07, 6.45) is -2.70. The van der Waals surface area contributed by atoms with Crippen molar-refractivity contribution >= 4 is 23.6 Å². The number of aromatic nitrogens is 2. The molecule has 3 rings (SSSR count). The lowest BCUT2D eigenvalue weighted by Gasteiger charge is -2.19. The molecule has 3 N–H and O–H groups in total. The number of alkyl halides is 3. The number of hydrogen-bond acceptors (Lipinski definition) is 5. The molecule has 2 amide bonds. The molecule has 0 bridgehead atoms. The number of nitrogens with zero attached hydrogens (tertiary/aromatic N) is 2. The summed E-state index contributed by atoms with van der Waals surface area (Å²) < 4.78 is 46.0. The zero-order valence-electron chi connectivity index (χ0n) is 25.5. The molecular weight excluding hydrogens is 597 g/mol. The second-order valence-corrected chi connectivity index (χ2v) is 11.5. The van der Waals surface area contributed by atoms with Gasteiger partial charge in [-0.2, -0.15) is 13.2 Å². The third kappa shape index (κ3) is 9.72. The van der Waals surface area contributed by atoms with Gasteiger partial charge in [-0.05, 0) is 70.2 Å². The highest BCUT2D eigenvalue weighted by Crippen LogP contribution is 2.31. The third-order valence-electron chi connectivity index (χ3n) is 7.16. The summed E-state index contributed by atoms with van der Waals surface area (Å²) in [5.74, 6) is -1.30. The van der Waals surface area contributed by atoms with Crippen LogP contribution < -0.4 is 10.6 Å². The number of imidazole rings is 1. The number of benzene rings is 2. The van der Waals surface area contributed by atoms with E-state index >= 15 is 0 Å². The van der Waals surface area contributed by atoms with Gasteiger partial charge in [0.05, 0.1) is 23.8 Å². The molecule has 3 aromatic rings. The average Bonchev–Trinajstić information content (AvgIpc) is 3.38. The first-order chi connectivity index (χ1) is 20.7. The van der Waals surface area contributed by atoms with Gasteiger partial charge in [0, 0.05) is 41.5 Å². The van der Waals surface area contributed by atoms with Crippen molar-refractivity contribution in [2.75, 3.05) is 6.61 Å². The molecule has 0 saturated heterocycles. The summed E-state index contributed by atoms with van der Waals surface area (Å²) in [6.45, 7) is 8.99. The van der Waals surface area contributed by atoms with Gasteiger partial charge in [-0.15, -0.1) is 0 Å². The zero-order chi connectivity index (χ0) is 32.6. The van der Waals surface area contributed by atoms with Gasteiger partial charge in [0.25, 0.3) is 5.91 Å². The average molecular weight is 637 g/mol. The number of halogens is 4. The number of aliphatic hydroxyl groups is 1. The van der Waals surface area contributed by atoms with E-state index in [9.17, 15) is 27.9 Å². The van der Waals surface area contributed by atoms with Gasteiger partial charge in [0.2, 0.25) is 0 Å². The quantitative estimate of drug-likeness (QED) is 0.190. The number of rotatable bonds is 13. The minimum Gasteiger partial charge on any atom is -0.447 e. The van der Waals surface area contributed by atoms with Crippen molar-refractivity contribution in [3.8, 4) is 11.3 Å². The Morgan fingerprint density at radius 2 is 1.73 bits per heavy atom. The summed E-state index contributed by atoms with van der Waals surface area (Å²) in [7, 11) is 0. The topological polar surface area (TPSA) is 105 Å². The van der Waals surface area contributed by atoms with E-state index < -0.39 is 30.1 Å². The molecule has 0 unspecified atom stereocenters. The van der Waals surface area contributed by atoms with Crippen molar-refractivity contribution in [3.05, 3.63) is 76.2 Å². The van der Waals surface area contributed by atoms with Gasteiger partial charge >= 0.3 is 12.3 Å². The SMILES string of the molecule is CCn1cc(-c2ccc(C[C@@H](CCO)NC(=O)c3ccc(C[C@H](C)C(F)(F)F)c(Cl)c3)cc2)nc1[C@@H](C)NC(=O)OC(C)C.